The van der Waals surface area contributed by atoms with Crippen LogP contribution in [0.5, 0.6) is 11.5 Å². The minimum atomic E-state index is -0.540. The first-order chi connectivity index (χ1) is 9.54. The molecule has 0 bridgehead atoms. The van der Waals surface area contributed by atoms with Gasteiger partial charge in [-0.05, 0) is 45.8 Å². The minimum absolute atomic E-state index is 0.00962. The van der Waals surface area contributed by atoms with E-state index >= 15 is 0 Å². The number of nitrogens with zero attached hydrogens (tertiary/aromatic N) is 1. The first kappa shape index (κ1) is 13.7. The topological polar surface area (TPSA) is 41.9 Å². The van der Waals surface area contributed by atoms with Crippen molar-refractivity contribution in [3.63, 3.8) is 0 Å². The molecule has 4 heteroatoms. The number of likely N-dealkylation sites (tertiary alicyclic amines) is 1. The van der Waals surface area contributed by atoms with Gasteiger partial charge in [0.25, 0.3) is 0 Å². The van der Waals surface area contributed by atoms with Crippen LogP contribution in [0.4, 0.5) is 0 Å². The van der Waals surface area contributed by atoms with E-state index in [9.17, 15) is 5.11 Å². The second-order valence-electron chi connectivity index (χ2n) is 6.22. The van der Waals surface area contributed by atoms with Crippen molar-refractivity contribution in [1.82, 2.24) is 4.90 Å². The van der Waals surface area contributed by atoms with Gasteiger partial charge in [-0.3, -0.25) is 4.90 Å². The van der Waals surface area contributed by atoms with Crippen molar-refractivity contribution in [2.24, 2.45) is 0 Å². The zero-order valence-corrected chi connectivity index (χ0v) is 12.4. The molecule has 2 heterocycles. The Morgan fingerprint density at radius 3 is 2.65 bits per heavy atom. The SMILES string of the molecule is COc1cccc2c1OC(C)(C)C(N1CCCC1)C2O. The first-order valence-corrected chi connectivity index (χ1v) is 7.32. The maximum absolute atomic E-state index is 10.9. The molecular weight excluding hydrogens is 254 g/mol. The summed E-state index contributed by atoms with van der Waals surface area (Å²) in [7, 11) is 1.63. The molecule has 2 atom stereocenters. The van der Waals surface area contributed by atoms with Crippen molar-refractivity contribution in [1.29, 1.82) is 0 Å². The number of methoxy groups -OCH3 is 1. The van der Waals surface area contributed by atoms with Crippen molar-refractivity contribution >= 4 is 0 Å². The highest BCUT2D eigenvalue weighted by atomic mass is 16.5. The summed E-state index contributed by atoms with van der Waals surface area (Å²) >= 11 is 0. The Kier molecular flexibility index (Phi) is 3.38. The number of fused-ring (bicyclic) bond motifs is 1. The van der Waals surface area contributed by atoms with Crippen LogP contribution in [0.25, 0.3) is 0 Å². The fourth-order valence-electron chi connectivity index (χ4n) is 3.57. The summed E-state index contributed by atoms with van der Waals surface area (Å²) in [4.78, 5) is 2.35. The van der Waals surface area contributed by atoms with Gasteiger partial charge in [-0.15, -0.1) is 0 Å². The molecule has 3 rings (SSSR count). The number of rotatable bonds is 2. The van der Waals surface area contributed by atoms with E-state index in [4.69, 9.17) is 9.47 Å². The smallest absolute Gasteiger partial charge is 0.167 e. The predicted octanol–water partition coefficient (Wildman–Crippen LogP) is 2.36. The third kappa shape index (κ3) is 2.07. The van der Waals surface area contributed by atoms with E-state index in [1.165, 1.54) is 12.8 Å². The van der Waals surface area contributed by atoms with Crippen LogP contribution in [-0.2, 0) is 0 Å². The number of para-hydroxylation sites is 1. The molecule has 1 N–H and O–H groups in total. The molecule has 0 spiro atoms. The van der Waals surface area contributed by atoms with E-state index in [1.807, 2.05) is 18.2 Å². The Hall–Kier alpha value is -1.26. The molecule has 0 amide bonds. The van der Waals surface area contributed by atoms with E-state index in [1.54, 1.807) is 7.11 Å². The van der Waals surface area contributed by atoms with E-state index in [0.29, 0.717) is 11.5 Å². The summed E-state index contributed by atoms with van der Waals surface area (Å²) in [5, 5.41) is 10.9. The van der Waals surface area contributed by atoms with Crippen molar-refractivity contribution in [2.45, 2.75) is 44.4 Å². The van der Waals surface area contributed by atoms with Crippen LogP contribution in [0.2, 0.25) is 0 Å². The van der Waals surface area contributed by atoms with Gasteiger partial charge in [-0.25, -0.2) is 0 Å². The molecule has 0 saturated carbocycles. The molecule has 2 aliphatic rings. The summed E-state index contributed by atoms with van der Waals surface area (Å²) in [5.41, 5.74) is 0.395. The number of aliphatic hydroxyl groups excluding tert-OH is 1. The Morgan fingerprint density at radius 2 is 2.00 bits per heavy atom. The molecule has 110 valence electrons. The summed E-state index contributed by atoms with van der Waals surface area (Å²) in [5.74, 6) is 1.37. The van der Waals surface area contributed by atoms with Gasteiger partial charge >= 0.3 is 0 Å². The Bertz CT molecular complexity index is 494. The van der Waals surface area contributed by atoms with Crippen LogP contribution in [0.1, 0.15) is 38.4 Å². The maximum atomic E-state index is 10.9. The van der Waals surface area contributed by atoms with Crippen molar-refractivity contribution in [3.05, 3.63) is 23.8 Å². The van der Waals surface area contributed by atoms with Gasteiger partial charge in [0.15, 0.2) is 11.5 Å². The zero-order chi connectivity index (χ0) is 14.3. The number of hydrogen-bond donors (Lipinski definition) is 1. The van der Waals surface area contributed by atoms with Gasteiger partial charge in [0.1, 0.15) is 11.7 Å². The lowest BCUT2D eigenvalue weighted by atomic mass is 9.85. The third-order valence-electron chi connectivity index (χ3n) is 4.46. The van der Waals surface area contributed by atoms with Crippen LogP contribution in [0.15, 0.2) is 18.2 Å². The number of hydrogen-bond acceptors (Lipinski definition) is 4. The van der Waals surface area contributed by atoms with Crippen molar-refractivity contribution in [3.8, 4) is 11.5 Å². The first-order valence-electron chi connectivity index (χ1n) is 7.32. The molecule has 1 saturated heterocycles. The molecule has 0 aromatic heterocycles. The van der Waals surface area contributed by atoms with E-state index < -0.39 is 11.7 Å². The van der Waals surface area contributed by atoms with Gasteiger partial charge in [0, 0.05) is 5.56 Å². The van der Waals surface area contributed by atoms with Gasteiger partial charge < -0.3 is 14.6 Å². The molecule has 2 aliphatic heterocycles. The molecule has 20 heavy (non-hydrogen) atoms. The molecule has 4 nitrogen and oxygen atoms in total. The van der Waals surface area contributed by atoms with Gasteiger partial charge in [0.2, 0.25) is 0 Å². The zero-order valence-electron chi connectivity index (χ0n) is 12.4. The Morgan fingerprint density at radius 1 is 1.30 bits per heavy atom. The lowest BCUT2D eigenvalue weighted by Crippen LogP contribution is -2.57. The lowest BCUT2D eigenvalue weighted by Gasteiger charge is -2.47. The quantitative estimate of drug-likeness (QED) is 0.901. The van der Waals surface area contributed by atoms with Gasteiger partial charge in [-0.2, -0.15) is 0 Å². The van der Waals surface area contributed by atoms with E-state index in [-0.39, 0.29) is 6.04 Å². The number of aliphatic hydroxyl groups is 1. The van der Waals surface area contributed by atoms with E-state index in [2.05, 4.69) is 18.7 Å². The van der Waals surface area contributed by atoms with Crippen LogP contribution in [-0.4, -0.2) is 41.8 Å². The maximum Gasteiger partial charge on any atom is 0.167 e. The Labute approximate surface area is 120 Å². The monoisotopic (exact) mass is 277 g/mol. The average molecular weight is 277 g/mol. The van der Waals surface area contributed by atoms with Gasteiger partial charge in [-0.1, -0.05) is 12.1 Å². The van der Waals surface area contributed by atoms with Crippen molar-refractivity contribution in [2.75, 3.05) is 20.2 Å². The molecule has 0 aliphatic carbocycles. The highest BCUT2D eigenvalue weighted by molar-refractivity contribution is 5.50. The molecule has 1 aromatic carbocycles. The summed E-state index contributed by atoms with van der Waals surface area (Å²) in [6, 6.07) is 5.70. The molecule has 2 unspecified atom stereocenters. The number of ether oxygens (including phenoxy) is 2. The summed E-state index contributed by atoms with van der Waals surface area (Å²) in [6.45, 7) is 6.17. The summed E-state index contributed by atoms with van der Waals surface area (Å²) < 4.78 is 11.6. The minimum Gasteiger partial charge on any atom is -0.493 e. The standard InChI is InChI=1S/C16H23NO3/c1-16(2)15(17-9-4-5-10-17)13(18)11-7-6-8-12(19-3)14(11)20-16/h6-8,13,15,18H,4-5,9-10H2,1-3H3. The summed E-state index contributed by atoms with van der Waals surface area (Å²) in [6.07, 6.45) is 1.86. The van der Waals surface area contributed by atoms with Crippen LogP contribution >= 0.6 is 0 Å². The van der Waals surface area contributed by atoms with E-state index in [0.717, 1.165) is 18.7 Å². The molecule has 1 aromatic rings. The highest BCUT2D eigenvalue weighted by Crippen LogP contribution is 2.46. The second-order valence-corrected chi connectivity index (χ2v) is 6.22. The molecule has 0 radical (unpaired) electrons. The number of benzene rings is 1. The highest BCUT2D eigenvalue weighted by Gasteiger charge is 2.47. The van der Waals surface area contributed by atoms with Gasteiger partial charge in [0.05, 0.1) is 13.2 Å². The largest absolute Gasteiger partial charge is 0.493 e. The lowest BCUT2D eigenvalue weighted by molar-refractivity contribution is -0.0768. The molecular formula is C16H23NO3. The van der Waals surface area contributed by atoms with Crippen molar-refractivity contribution < 1.29 is 14.6 Å². The fourth-order valence-corrected chi connectivity index (χ4v) is 3.57. The van der Waals surface area contributed by atoms with Crippen LogP contribution in [0, 0.1) is 0 Å². The second kappa shape index (κ2) is 4.93. The normalized spacial score (nSPS) is 28.8. The molecule has 1 fully saturated rings. The van der Waals surface area contributed by atoms with Crippen LogP contribution in [0.3, 0.4) is 0 Å². The predicted molar refractivity (Wildman–Crippen MR) is 77.3 cm³/mol. The third-order valence-corrected chi connectivity index (χ3v) is 4.46. The fraction of sp³-hybridized carbons (Fsp3) is 0.625. The Balaban J connectivity index is 2.03. The average Bonchev–Trinajstić information content (AvgIpc) is 2.91. The van der Waals surface area contributed by atoms with Crippen LogP contribution < -0.4 is 9.47 Å².